The van der Waals surface area contributed by atoms with Crippen LogP contribution in [0.2, 0.25) is 5.15 Å². The molecule has 104 valence electrons. The van der Waals surface area contributed by atoms with Crippen molar-refractivity contribution in [3.8, 4) is 0 Å². The molecule has 8 heteroatoms. The fourth-order valence-electron chi connectivity index (χ4n) is 1.53. The summed E-state index contributed by atoms with van der Waals surface area (Å²) in [5.74, 6) is -2.86. The first-order valence-electron chi connectivity index (χ1n) is 5.33. The van der Waals surface area contributed by atoms with Gasteiger partial charge in [0.25, 0.3) is 0 Å². The second-order valence-corrected chi connectivity index (χ2v) is 4.40. The summed E-state index contributed by atoms with van der Waals surface area (Å²) in [5.41, 5.74) is -0.325. The normalized spacial score (nSPS) is 10.4. The number of anilines is 2. The minimum Gasteiger partial charge on any atom is -0.335 e. The Kier molecular flexibility index (Phi) is 4.20. The molecule has 0 amide bonds. The number of nitrogens with zero attached hydrogens (tertiary/aromatic N) is 2. The maximum atomic E-state index is 13.6. The summed E-state index contributed by atoms with van der Waals surface area (Å²) in [7, 11) is 0. The highest BCUT2D eigenvalue weighted by Gasteiger charge is 2.16. The van der Waals surface area contributed by atoms with Crippen LogP contribution in [-0.2, 0) is 0 Å². The number of aryl methyl sites for hydroxylation is 1. The molecule has 0 atom stereocenters. The highest BCUT2D eigenvalue weighted by molar-refractivity contribution is 7.79. The van der Waals surface area contributed by atoms with Gasteiger partial charge in [-0.05, 0) is 6.92 Å². The van der Waals surface area contributed by atoms with Crippen LogP contribution in [0.15, 0.2) is 12.1 Å². The molecule has 2 aromatic rings. The van der Waals surface area contributed by atoms with Gasteiger partial charge < -0.3 is 5.32 Å². The van der Waals surface area contributed by atoms with E-state index in [0.717, 1.165) is 0 Å². The lowest BCUT2D eigenvalue weighted by molar-refractivity contribution is 0.548. The van der Waals surface area contributed by atoms with E-state index < -0.39 is 23.1 Å². The summed E-state index contributed by atoms with van der Waals surface area (Å²) in [5, 5.41) is 3.66. The van der Waals surface area contributed by atoms with Gasteiger partial charge in [0, 0.05) is 17.5 Å². The first-order chi connectivity index (χ1) is 9.42. The average Bonchev–Trinajstić information content (AvgIpc) is 2.33. The number of thiocarbonyl (C=S) groups is 1. The molecule has 1 N–H and O–H groups in total. The Morgan fingerprint density at radius 1 is 1.20 bits per heavy atom. The summed E-state index contributed by atoms with van der Waals surface area (Å²) < 4.78 is 40.0. The Labute approximate surface area is 122 Å². The van der Waals surface area contributed by atoms with E-state index in [4.69, 9.17) is 23.8 Å². The predicted molar refractivity (Wildman–Crippen MR) is 74.1 cm³/mol. The van der Waals surface area contributed by atoms with E-state index in [2.05, 4.69) is 15.3 Å². The van der Waals surface area contributed by atoms with Gasteiger partial charge in [-0.25, -0.2) is 23.1 Å². The second kappa shape index (κ2) is 5.72. The highest BCUT2D eigenvalue weighted by Crippen LogP contribution is 2.27. The van der Waals surface area contributed by atoms with Crippen LogP contribution in [0.3, 0.4) is 0 Å². The molecule has 20 heavy (non-hydrogen) atoms. The van der Waals surface area contributed by atoms with Crippen molar-refractivity contribution in [3.05, 3.63) is 46.1 Å². The van der Waals surface area contributed by atoms with Crippen molar-refractivity contribution in [2.24, 2.45) is 0 Å². The smallest absolute Gasteiger partial charge is 0.152 e. The van der Waals surface area contributed by atoms with Gasteiger partial charge in [-0.2, -0.15) is 0 Å². The van der Waals surface area contributed by atoms with Crippen molar-refractivity contribution in [2.45, 2.75) is 6.92 Å². The molecular formula is C12H7ClF3N3S. The fraction of sp³-hybridized carbons (Fsp3) is 0.0833. The molecule has 1 heterocycles. The molecule has 1 aromatic heterocycles. The Bertz CT molecular complexity index is 671. The standard InChI is InChI=1S/C12H7ClF3N3S/c1-5-17-11(13)7(4-20)12(18-5)19-10-8(15)2-6(14)3-9(10)16/h2-4H,1H3,(H,17,18,19). The molecule has 1 aromatic carbocycles. The van der Waals surface area contributed by atoms with E-state index in [1.165, 1.54) is 5.37 Å². The van der Waals surface area contributed by atoms with Crippen molar-refractivity contribution in [2.75, 3.05) is 5.32 Å². The Morgan fingerprint density at radius 3 is 2.35 bits per heavy atom. The van der Waals surface area contributed by atoms with Crippen molar-refractivity contribution in [1.82, 2.24) is 9.97 Å². The summed E-state index contributed by atoms with van der Waals surface area (Å²) in [6, 6.07) is 1.11. The van der Waals surface area contributed by atoms with Gasteiger partial charge in [-0.3, -0.25) is 0 Å². The van der Waals surface area contributed by atoms with Crippen LogP contribution in [0.5, 0.6) is 0 Å². The minimum absolute atomic E-state index is 0.0434. The number of rotatable bonds is 3. The lowest BCUT2D eigenvalue weighted by atomic mass is 10.2. The van der Waals surface area contributed by atoms with Crippen LogP contribution in [0, 0.1) is 24.4 Å². The van der Waals surface area contributed by atoms with Crippen molar-refractivity contribution >= 4 is 40.7 Å². The van der Waals surface area contributed by atoms with Crippen LogP contribution >= 0.6 is 23.8 Å². The average molecular weight is 318 g/mol. The third-order valence-electron chi connectivity index (χ3n) is 2.38. The summed E-state index contributed by atoms with van der Waals surface area (Å²) in [6.45, 7) is 1.56. The van der Waals surface area contributed by atoms with Crippen LogP contribution in [0.25, 0.3) is 0 Å². The number of halogens is 4. The Hall–Kier alpha value is -1.73. The highest BCUT2D eigenvalue weighted by atomic mass is 35.5. The molecule has 0 aliphatic heterocycles. The van der Waals surface area contributed by atoms with E-state index in [0.29, 0.717) is 18.0 Å². The lowest BCUT2D eigenvalue weighted by Gasteiger charge is -2.11. The Balaban J connectivity index is 2.53. The molecule has 0 radical (unpaired) electrons. The van der Waals surface area contributed by atoms with E-state index in [1.807, 2.05) is 0 Å². The first kappa shape index (κ1) is 14.7. The maximum absolute atomic E-state index is 13.6. The number of benzene rings is 1. The fourth-order valence-corrected chi connectivity index (χ4v) is 2.08. The number of hydrogen-bond acceptors (Lipinski definition) is 4. The zero-order chi connectivity index (χ0) is 14.9. The lowest BCUT2D eigenvalue weighted by Crippen LogP contribution is -2.06. The number of nitrogens with one attached hydrogen (secondary N) is 1. The molecule has 2 rings (SSSR count). The third-order valence-corrected chi connectivity index (χ3v) is 2.90. The van der Waals surface area contributed by atoms with E-state index >= 15 is 0 Å². The topological polar surface area (TPSA) is 37.8 Å². The van der Waals surface area contributed by atoms with Crippen LogP contribution < -0.4 is 5.32 Å². The molecule has 0 unspecified atom stereocenters. The number of hydrogen-bond donors (Lipinski definition) is 1. The summed E-state index contributed by atoms with van der Waals surface area (Å²) in [6.07, 6.45) is 0. The van der Waals surface area contributed by atoms with Gasteiger partial charge in [-0.1, -0.05) is 23.8 Å². The van der Waals surface area contributed by atoms with Crippen molar-refractivity contribution in [1.29, 1.82) is 0 Å². The summed E-state index contributed by atoms with van der Waals surface area (Å²) in [4.78, 5) is 7.85. The van der Waals surface area contributed by atoms with Crippen LogP contribution in [-0.4, -0.2) is 15.3 Å². The van der Waals surface area contributed by atoms with Gasteiger partial charge in [0.05, 0.1) is 5.56 Å². The SMILES string of the molecule is Cc1nc(Cl)c(C=S)c(Nc2c(F)cc(F)cc2F)n1. The molecule has 0 spiro atoms. The Morgan fingerprint density at radius 2 is 1.80 bits per heavy atom. The van der Waals surface area contributed by atoms with Crippen LogP contribution in [0.1, 0.15) is 11.4 Å². The quantitative estimate of drug-likeness (QED) is 0.687. The first-order valence-corrected chi connectivity index (χ1v) is 6.18. The molecule has 0 bridgehead atoms. The maximum Gasteiger partial charge on any atom is 0.152 e. The van der Waals surface area contributed by atoms with E-state index in [1.54, 1.807) is 6.92 Å². The second-order valence-electron chi connectivity index (χ2n) is 3.81. The van der Waals surface area contributed by atoms with Crippen LogP contribution in [0.4, 0.5) is 24.7 Å². The molecular weight excluding hydrogens is 311 g/mol. The minimum atomic E-state index is -1.09. The molecule has 0 aliphatic rings. The molecule has 0 fully saturated rings. The predicted octanol–water partition coefficient (Wildman–Crippen LogP) is 3.95. The molecule has 0 saturated heterocycles. The largest absolute Gasteiger partial charge is 0.335 e. The van der Waals surface area contributed by atoms with Gasteiger partial charge in [0.15, 0.2) is 11.6 Å². The van der Waals surface area contributed by atoms with Gasteiger partial charge >= 0.3 is 0 Å². The molecule has 0 aliphatic carbocycles. The van der Waals surface area contributed by atoms with Crippen molar-refractivity contribution in [3.63, 3.8) is 0 Å². The van der Waals surface area contributed by atoms with Gasteiger partial charge in [0.1, 0.15) is 28.3 Å². The van der Waals surface area contributed by atoms with Gasteiger partial charge in [0.2, 0.25) is 0 Å². The van der Waals surface area contributed by atoms with E-state index in [9.17, 15) is 13.2 Å². The zero-order valence-electron chi connectivity index (χ0n) is 10.0. The van der Waals surface area contributed by atoms with E-state index in [-0.39, 0.29) is 16.5 Å². The number of aromatic nitrogens is 2. The third kappa shape index (κ3) is 2.88. The molecule has 0 saturated carbocycles. The zero-order valence-corrected chi connectivity index (χ0v) is 11.6. The monoisotopic (exact) mass is 317 g/mol. The van der Waals surface area contributed by atoms with Crippen molar-refractivity contribution < 1.29 is 13.2 Å². The summed E-state index contributed by atoms with van der Waals surface area (Å²) >= 11 is 10.6. The van der Waals surface area contributed by atoms with Gasteiger partial charge in [-0.15, -0.1) is 0 Å². The molecule has 3 nitrogen and oxygen atoms in total.